The molecule has 0 spiro atoms. The van der Waals surface area contributed by atoms with E-state index in [1.54, 1.807) is 0 Å². The van der Waals surface area contributed by atoms with Gasteiger partial charge in [-0.25, -0.2) is 0 Å². The van der Waals surface area contributed by atoms with Crippen molar-refractivity contribution < 1.29 is 19.1 Å². The van der Waals surface area contributed by atoms with E-state index in [1.807, 2.05) is 6.08 Å². The smallest absolute Gasteiger partial charge is 0.303 e. The van der Waals surface area contributed by atoms with Crippen LogP contribution in [-0.4, -0.2) is 23.6 Å². The minimum atomic E-state index is -0.501. The van der Waals surface area contributed by atoms with Crippen LogP contribution in [0.5, 0.6) is 0 Å². The van der Waals surface area contributed by atoms with Crippen molar-refractivity contribution in [2.45, 2.75) is 97.2 Å². The molecule has 0 aliphatic heterocycles. The van der Waals surface area contributed by atoms with Crippen LogP contribution >= 0.6 is 0 Å². The van der Waals surface area contributed by atoms with Crippen molar-refractivity contribution in [3.8, 4) is 0 Å². The average molecular weight is 403 g/mol. The number of fused-ring (bicyclic) bond motifs is 5. The fourth-order valence-corrected chi connectivity index (χ4v) is 8.40. The first-order chi connectivity index (χ1) is 13.6. The Labute approximate surface area is 175 Å². The zero-order chi connectivity index (χ0) is 21.0. The van der Waals surface area contributed by atoms with E-state index >= 15 is 0 Å². The first kappa shape index (κ1) is 20.9. The topological polar surface area (TPSA) is 52.6 Å². The Morgan fingerprint density at radius 3 is 2.31 bits per heavy atom. The molecule has 0 aromatic heterocycles. The molecule has 4 aliphatic carbocycles. The molecule has 0 amide bonds. The molecule has 4 saturated carbocycles. The zero-order valence-electron chi connectivity index (χ0n) is 18.7. The van der Waals surface area contributed by atoms with Crippen molar-refractivity contribution in [2.24, 2.45) is 34.5 Å². The molecule has 0 saturated heterocycles. The van der Waals surface area contributed by atoms with Gasteiger partial charge in [-0.1, -0.05) is 20.4 Å². The molecule has 0 bridgehead atoms. The van der Waals surface area contributed by atoms with Crippen LogP contribution in [0.1, 0.15) is 85.5 Å². The van der Waals surface area contributed by atoms with Crippen LogP contribution in [0.2, 0.25) is 0 Å². The fraction of sp³-hybridized carbons (Fsp3) is 0.840. The van der Waals surface area contributed by atoms with Crippen LogP contribution in [0, 0.1) is 34.5 Å². The van der Waals surface area contributed by atoms with Gasteiger partial charge in [-0.2, -0.15) is 0 Å². The summed E-state index contributed by atoms with van der Waals surface area (Å²) < 4.78 is 11.6. The molecule has 4 aliphatic rings. The van der Waals surface area contributed by atoms with Gasteiger partial charge in [0, 0.05) is 19.3 Å². The molecule has 162 valence electrons. The molecular formula is C25H38O4. The molecule has 4 fully saturated rings. The standard InChI is InChI=1S/C25H38O4/c1-6-25(29-17(3)27)14-11-22-20-8-7-18-15-19(28-16(2)26)9-12-23(18,4)21(20)10-13-24(22,25)5/h6,18-22H,1,7-15H2,2-5H3/t18-,19+,20+,21-,22+,23-,24+,25-/m0/s1. The first-order valence-electron chi connectivity index (χ1n) is 11.7. The van der Waals surface area contributed by atoms with E-state index in [9.17, 15) is 9.59 Å². The van der Waals surface area contributed by atoms with Crippen LogP contribution < -0.4 is 0 Å². The number of esters is 2. The van der Waals surface area contributed by atoms with Crippen molar-refractivity contribution in [3.63, 3.8) is 0 Å². The molecule has 29 heavy (non-hydrogen) atoms. The van der Waals surface area contributed by atoms with Crippen LogP contribution in [0.3, 0.4) is 0 Å². The molecule has 4 rings (SSSR count). The maximum absolute atomic E-state index is 11.9. The summed E-state index contributed by atoms with van der Waals surface area (Å²) in [6.45, 7) is 12.0. The Morgan fingerprint density at radius 1 is 0.931 bits per heavy atom. The molecule has 8 atom stereocenters. The SMILES string of the molecule is C=C[C@]1(OC(C)=O)CC[C@@H]2[C@@H]3CC[C@H]4C[C@H](OC(C)=O)CC[C@]4(C)[C@H]3CC[C@]21C. The lowest BCUT2D eigenvalue weighted by molar-refractivity contribution is -0.179. The highest BCUT2D eigenvalue weighted by molar-refractivity contribution is 5.67. The minimum absolute atomic E-state index is 0.000271. The van der Waals surface area contributed by atoms with E-state index in [0.717, 1.165) is 44.4 Å². The monoisotopic (exact) mass is 402 g/mol. The fourth-order valence-electron chi connectivity index (χ4n) is 8.40. The van der Waals surface area contributed by atoms with Crippen molar-refractivity contribution in [3.05, 3.63) is 12.7 Å². The Kier molecular flexibility index (Phi) is 5.15. The summed E-state index contributed by atoms with van der Waals surface area (Å²) in [5, 5.41) is 0. The second-order valence-electron chi connectivity index (χ2n) is 10.8. The summed E-state index contributed by atoms with van der Waals surface area (Å²) >= 11 is 0. The summed E-state index contributed by atoms with van der Waals surface area (Å²) in [7, 11) is 0. The second kappa shape index (κ2) is 7.13. The summed E-state index contributed by atoms with van der Waals surface area (Å²) in [5.74, 6) is 2.37. The minimum Gasteiger partial charge on any atom is -0.463 e. The lowest BCUT2D eigenvalue weighted by Crippen LogP contribution is -2.57. The normalized spacial score (nSPS) is 48.6. The van der Waals surface area contributed by atoms with Crippen LogP contribution in [-0.2, 0) is 19.1 Å². The van der Waals surface area contributed by atoms with Crippen molar-refractivity contribution >= 4 is 11.9 Å². The Morgan fingerprint density at radius 2 is 1.66 bits per heavy atom. The number of rotatable bonds is 3. The van der Waals surface area contributed by atoms with E-state index in [-0.39, 0.29) is 23.5 Å². The third kappa shape index (κ3) is 3.08. The Hall–Kier alpha value is -1.32. The highest BCUT2D eigenvalue weighted by Crippen LogP contribution is 2.69. The van der Waals surface area contributed by atoms with Gasteiger partial charge in [-0.3, -0.25) is 9.59 Å². The molecule has 0 aromatic rings. The number of carbonyl (C=O) groups excluding carboxylic acids is 2. The number of ether oxygens (including phenoxy) is 2. The van der Waals surface area contributed by atoms with Gasteiger partial charge in [0.1, 0.15) is 11.7 Å². The third-order valence-corrected chi connectivity index (χ3v) is 9.79. The van der Waals surface area contributed by atoms with E-state index in [0.29, 0.717) is 23.2 Å². The number of hydrogen-bond donors (Lipinski definition) is 0. The molecule has 0 N–H and O–H groups in total. The van der Waals surface area contributed by atoms with E-state index in [2.05, 4.69) is 20.4 Å². The van der Waals surface area contributed by atoms with Gasteiger partial charge in [0.2, 0.25) is 0 Å². The van der Waals surface area contributed by atoms with E-state index in [4.69, 9.17) is 9.47 Å². The third-order valence-electron chi connectivity index (χ3n) is 9.79. The highest BCUT2D eigenvalue weighted by Gasteiger charge is 2.65. The lowest BCUT2D eigenvalue weighted by Gasteiger charge is -2.61. The Bertz CT molecular complexity index is 701. The zero-order valence-corrected chi connectivity index (χ0v) is 18.7. The molecule has 4 nitrogen and oxygen atoms in total. The maximum atomic E-state index is 11.9. The number of hydrogen-bond acceptors (Lipinski definition) is 4. The average Bonchev–Trinajstić information content (AvgIpc) is 2.94. The van der Waals surface area contributed by atoms with E-state index in [1.165, 1.54) is 33.1 Å². The Balaban J connectivity index is 1.56. The molecule has 0 radical (unpaired) electrons. The largest absolute Gasteiger partial charge is 0.463 e. The first-order valence-corrected chi connectivity index (χ1v) is 11.7. The van der Waals surface area contributed by atoms with Gasteiger partial charge in [0.15, 0.2) is 0 Å². The van der Waals surface area contributed by atoms with Crippen molar-refractivity contribution in [2.75, 3.05) is 0 Å². The predicted octanol–water partition coefficient (Wildman–Crippen LogP) is 5.45. The van der Waals surface area contributed by atoms with Crippen molar-refractivity contribution in [1.29, 1.82) is 0 Å². The lowest BCUT2D eigenvalue weighted by atomic mass is 9.44. The maximum Gasteiger partial charge on any atom is 0.303 e. The van der Waals surface area contributed by atoms with Gasteiger partial charge in [-0.15, -0.1) is 0 Å². The second-order valence-corrected chi connectivity index (χ2v) is 10.8. The van der Waals surface area contributed by atoms with Gasteiger partial charge in [0.05, 0.1) is 0 Å². The van der Waals surface area contributed by atoms with Crippen LogP contribution in [0.15, 0.2) is 12.7 Å². The molecule has 0 aromatic carbocycles. The van der Waals surface area contributed by atoms with E-state index < -0.39 is 5.60 Å². The van der Waals surface area contributed by atoms with Gasteiger partial charge >= 0.3 is 11.9 Å². The summed E-state index contributed by atoms with van der Waals surface area (Å²) in [6, 6.07) is 0. The van der Waals surface area contributed by atoms with Crippen LogP contribution in [0.4, 0.5) is 0 Å². The van der Waals surface area contributed by atoms with Gasteiger partial charge < -0.3 is 9.47 Å². The predicted molar refractivity (Wildman–Crippen MR) is 112 cm³/mol. The van der Waals surface area contributed by atoms with Crippen LogP contribution in [0.25, 0.3) is 0 Å². The number of carbonyl (C=O) groups is 2. The van der Waals surface area contributed by atoms with Crippen molar-refractivity contribution in [1.82, 2.24) is 0 Å². The van der Waals surface area contributed by atoms with Gasteiger partial charge in [0.25, 0.3) is 0 Å². The van der Waals surface area contributed by atoms with Gasteiger partial charge in [-0.05, 0) is 93.0 Å². The highest BCUT2D eigenvalue weighted by atomic mass is 16.6. The summed E-state index contributed by atoms with van der Waals surface area (Å²) in [5.41, 5.74) is -0.152. The molecular weight excluding hydrogens is 364 g/mol. The summed E-state index contributed by atoms with van der Waals surface area (Å²) in [4.78, 5) is 23.3. The summed E-state index contributed by atoms with van der Waals surface area (Å²) in [6.07, 6.45) is 12.1. The molecule has 0 heterocycles. The molecule has 0 unspecified atom stereocenters. The molecule has 4 heteroatoms. The quantitative estimate of drug-likeness (QED) is 0.465.